The standard InChI is InChI=1S/C38H34Cl2N4O2/c1-3-5-19-43-29-13-9-7-11-25(29)27-21-23(15-17-31(27)43)41-35-33(39)38(46)36(34(40)37(35)45)42-24-16-18-32-28(22-24)26-12-8-10-14-30(26)44(32)20-6-4-2/h7-18,21-22,41-42H,3-6,19-20H2,1-2H3. The number of para-hydroxylation sites is 2. The molecule has 0 spiro atoms. The van der Waals surface area contributed by atoms with Gasteiger partial charge < -0.3 is 19.8 Å². The number of halogens is 2. The van der Waals surface area contributed by atoms with Crippen LogP contribution in [0.4, 0.5) is 11.4 Å². The lowest BCUT2D eigenvalue weighted by atomic mass is 10.0. The molecule has 6 nitrogen and oxygen atoms in total. The molecule has 8 heteroatoms. The molecular formula is C38H34Cl2N4O2. The van der Waals surface area contributed by atoms with Crippen LogP contribution in [0.1, 0.15) is 39.5 Å². The zero-order chi connectivity index (χ0) is 31.9. The van der Waals surface area contributed by atoms with Gasteiger partial charge in [0.1, 0.15) is 21.5 Å². The van der Waals surface area contributed by atoms with E-state index in [2.05, 4.69) is 57.9 Å². The second kappa shape index (κ2) is 12.3. The van der Waals surface area contributed by atoms with Crippen molar-refractivity contribution in [3.8, 4) is 0 Å². The molecule has 2 N–H and O–H groups in total. The third-order valence-electron chi connectivity index (χ3n) is 8.85. The number of unbranched alkanes of at least 4 members (excludes halogenated alkanes) is 2. The van der Waals surface area contributed by atoms with Crippen LogP contribution in [-0.4, -0.2) is 20.7 Å². The van der Waals surface area contributed by atoms with Crippen molar-refractivity contribution in [2.45, 2.75) is 52.6 Å². The van der Waals surface area contributed by atoms with Crippen molar-refractivity contribution in [1.29, 1.82) is 0 Å². The van der Waals surface area contributed by atoms with Crippen LogP contribution in [0.25, 0.3) is 43.6 Å². The Balaban J connectivity index is 1.19. The van der Waals surface area contributed by atoms with E-state index in [1.165, 1.54) is 0 Å². The molecular weight excluding hydrogens is 615 g/mol. The second-order valence-electron chi connectivity index (χ2n) is 11.8. The Labute approximate surface area is 277 Å². The average Bonchev–Trinajstić information content (AvgIpc) is 3.57. The fraction of sp³-hybridized carbons (Fsp3) is 0.211. The van der Waals surface area contributed by atoms with E-state index in [-0.39, 0.29) is 21.5 Å². The topological polar surface area (TPSA) is 68.1 Å². The smallest absolute Gasteiger partial charge is 0.224 e. The van der Waals surface area contributed by atoms with Crippen molar-refractivity contribution >= 4 is 89.8 Å². The number of Topliss-reactive ketones (excluding diaryl/α,β-unsaturated/α-hetero) is 2. The number of hydrogen-bond acceptors (Lipinski definition) is 4. The number of nitrogens with zero attached hydrogens (tertiary/aromatic N) is 2. The van der Waals surface area contributed by atoms with Gasteiger partial charge in [-0.3, -0.25) is 9.59 Å². The first-order chi connectivity index (χ1) is 22.4. The minimum Gasteiger partial charge on any atom is -0.351 e. The summed E-state index contributed by atoms with van der Waals surface area (Å²) in [5, 5.41) is 10.2. The molecule has 0 saturated carbocycles. The maximum Gasteiger partial charge on any atom is 0.224 e. The van der Waals surface area contributed by atoms with E-state index in [1.54, 1.807) is 0 Å². The molecule has 4 aromatic carbocycles. The maximum atomic E-state index is 13.6. The molecule has 0 amide bonds. The number of allylic oxidation sites excluding steroid dienone is 2. The monoisotopic (exact) mass is 648 g/mol. The normalized spacial score (nSPS) is 14.1. The van der Waals surface area contributed by atoms with Crippen LogP contribution in [0, 0.1) is 0 Å². The number of anilines is 2. The fourth-order valence-electron chi connectivity index (χ4n) is 6.53. The molecule has 6 aromatic rings. The molecule has 232 valence electrons. The van der Waals surface area contributed by atoms with Crippen molar-refractivity contribution in [2.75, 3.05) is 10.6 Å². The van der Waals surface area contributed by atoms with E-state index < -0.39 is 11.6 Å². The first-order valence-electron chi connectivity index (χ1n) is 15.9. The third-order valence-corrected chi connectivity index (χ3v) is 9.57. The Bertz CT molecular complexity index is 2100. The Morgan fingerprint density at radius 2 is 0.935 bits per heavy atom. The Hall–Kier alpha value is -4.52. The van der Waals surface area contributed by atoms with Gasteiger partial charge in [-0.05, 0) is 61.4 Å². The van der Waals surface area contributed by atoms with E-state index in [0.717, 1.165) is 82.4 Å². The summed E-state index contributed by atoms with van der Waals surface area (Å²) in [4.78, 5) is 27.2. The minimum absolute atomic E-state index is 0.0364. The van der Waals surface area contributed by atoms with Crippen molar-refractivity contribution in [1.82, 2.24) is 9.13 Å². The minimum atomic E-state index is -0.545. The molecule has 0 fully saturated rings. The van der Waals surface area contributed by atoms with Gasteiger partial charge >= 0.3 is 0 Å². The molecule has 46 heavy (non-hydrogen) atoms. The molecule has 2 heterocycles. The van der Waals surface area contributed by atoms with Gasteiger partial charge in [0.15, 0.2) is 0 Å². The summed E-state index contributed by atoms with van der Waals surface area (Å²) in [6, 6.07) is 28.5. The van der Waals surface area contributed by atoms with Gasteiger partial charge in [0.05, 0.1) is 0 Å². The third kappa shape index (κ3) is 5.06. The van der Waals surface area contributed by atoms with E-state index in [1.807, 2.05) is 60.7 Å². The van der Waals surface area contributed by atoms with Crippen LogP contribution in [-0.2, 0) is 22.7 Å². The molecule has 7 rings (SSSR count). The van der Waals surface area contributed by atoms with E-state index in [4.69, 9.17) is 23.2 Å². The Kier molecular flexibility index (Phi) is 8.09. The van der Waals surface area contributed by atoms with Gasteiger partial charge in [-0.25, -0.2) is 0 Å². The predicted octanol–water partition coefficient (Wildman–Crippen LogP) is 10.1. The van der Waals surface area contributed by atoms with Gasteiger partial charge in [0.25, 0.3) is 0 Å². The van der Waals surface area contributed by atoms with Gasteiger partial charge in [0, 0.05) is 68.1 Å². The first-order valence-corrected chi connectivity index (χ1v) is 16.6. The van der Waals surface area contributed by atoms with Crippen LogP contribution in [0.3, 0.4) is 0 Å². The van der Waals surface area contributed by atoms with E-state index in [9.17, 15) is 9.59 Å². The van der Waals surface area contributed by atoms with Gasteiger partial charge in [-0.2, -0.15) is 0 Å². The fourth-order valence-corrected chi connectivity index (χ4v) is 6.99. The summed E-state index contributed by atoms with van der Waals surface area (Å²) in [6.45, 7) is 6.20. The van der Waals surface area contributed by atoms with Crippen LogP contribution >= 0.6 is 23.2 Å². The van der Waals surface area contributed by atoms with E-state index in [0.29, 0.717) is 11.4 Å². The van der Waals surface area contributed by atoms with Crippen LogP contribution in [0.2, 0.25) is 0 Å². The summed E-state index contributed by atoms with van der Waals surface area (Å²) in [5.74, 6) is -1.09. The molecule has 0 saturated heterocycles. The number of aromatic nitrogens is 2. The first kappa shape index (κ1) is 30.2. The van der Waals surface area contributed by atoms with Crippen LogP contribution in [0.15, 0.2) is 106 Å². The van der Waals surface area contributed by atoms with E-state index >= 15 is 0 Å². The summed E-state index contributed by atoms with van der Waals surface area (Å²) >= 11 is 13.2. The molecule has 1 aliphatic rings. The average molecular weight is 650 g/mol. The van der Waals surface area contributed by atoms with Gasteiger partial charge in [0.2, 0.25) is 11.6 Å². The number of ketones is 2. The number of carbonyl (C=O) groups excluding carboxylic acids is 2. The lowest BCUT2D eigenvalue weighted by Gasteiger charge is -2.20. The van der Waals surface area contributed by atoms with Crippen molar-refractivity contribution in [3.05, 3.63) is 106 Å². The summed E-state index contributed by atoms with van der Waals surface area (Å²) in [7, 11) is 0. The zero-order valence-corrected chi connectivity index (χ0v) is 27.3. The Morgan fingerprint density at radius 3 is 1.35 bits per heavy atom. The van der Waals surface area contributed by atoms with Crippen molar-refractivity contribution in [2.24, 2.45) is 0 Å². The lowest BCUT2D eigenvalue weighted by molar-refractivity contribution is -0.115. The quantitative estimate of drug-likeness (QED) is 0.145. The molecule has 0 atom stereocenters. The number of rotatable bonds is 10. The molecule has 0 aliphatic heterocycles. The number of carbonyl (C=O) groups is 2. The van der Waals surface area contributed by atoms with Gasteiger partial charge in [-0.1, -0.05) is 86.3 Å². The number of fused-ring (bicyclic) bond motifs is 6. The predicted molar refractivity (Wildman–Crippen MR) is 192 cm³/mol. The van der Waals surface area contributed by atoms with Gasteiger partial charge in [-0.15, -0.1) is 0 Å². The summed E-state index contributed by atoms with van der Waals surface area (Å²) in [6.07, 6.45) is 4.34. The number of nitrogens with one attached hydrogen (secondary N) is 2. The van der Waals surface area contributed by atoms with Crippen molar-refractivity contribution < 1.29 is 9.59 Å². The summed E-state index contributed by atoms with van der Waals surface area (Å²) in [5.41, 5.74) is 5.76. The summed E-state index contributed by atoms with van der Waals surface area (Å²) < 4.78 is 4.66. The van der Waals surface area contributed by atoms with Crippen LogP contribution in [0.5, 0.6) is 0 Å². The largest absolute Gasteiger partial charge is 0.351 e. The second-order valence-corrected chi connectivity index (χ2v) is 12.6. The lowest BCUT2D eigenvalue weighted by Crippen LogP contribution is -2.27. The van der Waals surface area contributed by atoms with Crippen molar-refractivity contribution in [3.63, 3.8) is 0 Å². The number of benzene rings is 4. The molecule has 1 aliphatic carbocycles. The highest BCUT2D eigenvalue weighted by atomic mass is 35.5. The number of hydrogen-bond donors (Lipinski definition) is 2. The van der Waals surface area contributed by atoms with Crippen LogP contribution < -0.4 is 10.6 Å². The highest BCUT2D eigenvalue weighted by Crippen LogP contribution is 2.36. The molecule has 2 aromatic heterocycles. The SMILES string of the molecule is CCCCn1c2ccccc2c2cc(NC3=C(Cl)C(=O)C(Nc4ccc5c(c4)c4ccccc4n5CCCC)=C(Cl)C3=O)ccc21. The maximum absolute atomic E-state index is 13.6. The Morgan fingerprint density at radius 1 is 0.543 bits per heavy atom. The number of aryl methyl sites for hydroxylation is 2. The highest BCUT2D eigenvalue weighted by molar-refractivity contribution is 6.56. The zero-order valence-electron chi connectivity index (χ0n) is 25.8. The molecule has 0 radical (unpaired) electrons. The highest BCUT2D eigenvalue weighted by Gasteiger charge is 2.34. The molecule has 0 unspecified atom stereocenters. The molecule has 0 bridgehead atoms.